The minimum atomic E-state index is 0.664. The summed E-state index contributed by atoms with van der Waals surface area (Å²) in [5.41, 5.74) is 0. The molecule has 0 saturated carbocycles. The minimum Gasteiger partial charge on any atom is -0.379 e. The third kappa shape index (κ3) is 9.42. The van der Waals surface area contributed by atoms with E-state index in [2.05, 4.69) is 17.1 Å². The fraction of sp³-hybridized carbons (Fsp3) is 1.00. The van der Waals surface area contributed by atoms with E-state index in [0.29, 0.717) is 32.5 Å². The van der Waals surface area contributed by atoms with Gasteiger partial charge < -0.3 is 19.5 Å². The lowest BCUT2D eigenvalue weighted by Crippen LogP contribution is -2.38. The van der Waals surface area contributed by atoms with Crippen molar-refractivity contribution in [3.05, 3.63) is 0 Å². The van der Waals surface area contributed by atoms with Crippen molar-refractivity contribution in [3.63, 3.8) is 0 Å². The molecule has 0 aromatic rings. The molecule has 0 aromatic heterocycles. The van der Waals surface area contributed by atoms with Crippen LogP contribution in [0.1, 0.15) is 32.6 Å². The van der Waals surface area contributed by atoms with Crippen LogP contribution in [0.4, 0.5) is 0 Å². The number of nitrogens with one attached hydrogen (secondary N) is 1. The molecule has 0 aliphatic carbocycles. The number of nitrogens with zero attached hydrogens (tertiary/aromatic N) is 1. The first-order valence-corrected chi connectivity index (χ1v) is 8.50. The third-order valence-electron chi connectivity index (χ3n) is 3.85. The number of rotatable bonds is 14. The van der Waals surface area contributed by atoms with Crippen LogP contribution < -0.4 is 5.32 Å². The maximum absolute atomic E-state index is 5.64. The van der Waals surface area contributed by atoms with Crippen molar-refractivity contribution in [2.45, 2.75) is 38.6 Å². The lowest BCUT2D eigenvalue weighted by atomic mass is 10.2. The van der Waals surface area contributed by atoms with Gasteiger partial charge in [-0.25, -0.2) is 0 Å². The van der Waals surface area contributed by atoms with Gasteiger partial charge in [-0.2, -0.15) is 0 Å². The molecule has 126 valence electrons. The second-order valence-electron chi connectivity index (χ2n) is 5.58. The molecule has 1 aliphatic heterocycles. The van der Waals surface area contributed by atoms with Crippen LogP contribution >= 0.6 is 0 Å². The van der Waals surface area contributed by atoms with E-state index in [0.717, 1.165) is 32.7 Å². The number of likely N-dealkylation sites (N-methyl/N-ethyl adjacent to an activating group) is 1. The van der Waals surface area contributed by atoms with Gasteiger partial charge >= 0.3 is 0 Å². The second-order valence-corrected chi connectivity index (χ2v) is 5.58. The van der Waals surface area contributed by atoms with Crippen LogP contribution in [0.25, 0.3) is 0 Å². The van der Waals surface area contributed by atoms with E-state index >= 15 is 0 Å². The van der Waals surface area contributed by atoms with E-state index in [1.165, 1.54) is 25.8 Å². The molecule has 5 heteroatoms. The number of unbranched alkanes of at least 4 members (excludes halogenated alkanes) is 1. The average molecular weight is 302 g/mol. The summed E-state index contributed by atoms with van der Waals surface area (Å²) in [5.74, 6) is 0. The Labute approximate surface area is 130 Å². The van der Waals surface area contributed by atoms with E-state index in [1.807, 2.05) is 7.05 Å². The molecule has 1 rings (SSSR count). The molecular formula is C16H34N2O3. The van der Waals surface area contributed by atoms with Crippen LogP contribution in [0, 0.1) is 0 Å². The summed E-state index contributed by atoms with van der Waals surface area (Å²) in [5, 5.41) is 3.27. The highest BCUT2D eigenvalue weighted by Gasteiger charge is 2.22. The van der Waals surface area contributed by atoms with E-state index < -0.39 is 0 Å². The maximum Gasteiger partial charge on any atom is 0.0701 e. The summed E-state index contributed by atoms with van der Waals surface area (Å²) in [6, 6.07) is 0.690. The molecule has 0 spiro atoms. The van der Waals surface area contributed by atoms with Gasteiger partial charge in [0.2, 0.25) is 0 Å². The Hall–Kier alpha value is -0.200. The van der Waals surface area contributed by atoms with Gasteiger partial charge in [-0.05, 0) is 32.9 Å². The number of ether oxygens (including phenoxy) is 3. The van der Waals surface area contributed by atoms with Gasteiger partial charge in [-0.3, -0.25) is 4.90 Å². The summed E-state index contributed by atoms with van der Waals surface area (Å²) < 4.78 is 16.5. The number of hydrogen-bond acceptors (Lipinski definition) is 5. The zero-order valence-electron chi connectivity index (χ0n) is 13.9. The predicted octanol–water partition coefficient (Wildman–Crippen LogP) is 1.52. The van der Waals surface area contributed by atoms with E-state index in [9.17, 15) is 0 Å². The Balaban J connectivity index is 1.82. The Kier molecular flexibility index (Phi) is 12.1. The van der Waals surface area contributed by atoms with E-state index in [-0.39, 0.29) is 0 Å². The molecule has 5 nitrogen and oxygen atoms in total. The highest BCUT2D eigenvalue weighted by atomic mass is 16.5. The lowest BCUT2D eigenvalue weighted by molar-refractivity contribution is 0.00964. The maximum atomic E-state index is 5.64. The van der Waals surface area contributed by atoms with Gasteiger partial charge in [0.05, 0.1) is 33.0 Å². The molecule has 1 atom stereocenters. The molecule has 1 saturated heterocycles. The van der Waals surface area contributed by atoms with Crippen LogP contribution in [0.2, 0.25) is 0 Å². The largest absolute Gasteiger partial charge is 0.379 e. The number of likely N-dealkylation sites (tertiary alicyclic amines) is 1. The van der Waals surface area contributed by atoms with Crippen molar-refractivity contribution < 1.29 is 14.2 Å². The van der Waals surface area contributed by atoms with Crippen LogP contribution in [-0.2, 0) is 14.2 Å². The molecule has 1 aliphatic rings. The van der Waals surface area contributed by atoms with Gasteiger partial charge in [0.15, 0.2) is 0 Å². The smallest absolute Gasteiger partial charge is 0.0701 e. The molecule has 0 amide bonds. The van der Waals surface area contributed by atoms with Gasteiger partial charge in [-0.1, -0.05) is 13.3 Å². The Morgan fingerprint density at radius 3 is 2.33 bits per heavy atom. The molecular weight excluding hydrogens is 268 g/mol. The summed E-state index contributed by atoms with van der Waals surface area (Å²) in [7, 11) is 2.02. The van der Waals surface area contributed by atoms with Crippen LogP contribution in [0.3, 0.4) is 0 Å². The Morgan fingerprint density at radius 2 is 1.67 bits per heavy atom. The van der Waals surface area contributed by atoms with Gasteiger partial charge in [-0.15, -0.1) is 0 Å². The summed E-state index contributed by atoms with van der Waals surface area (Å²) >= 11 is 0. The van der Waals surface area contributed by atoms with Gasteiger partial charge in [0, 0.05) is 25.7 Å². The summed E-state index contributed by atoms with van der Waals surface area (Å²) in [6.07, 6.45) is 4.94. The predicted molar refractivity (Wildman–Crippen MR) is 85.9 cm³/mol. The zero-order chi connectivity index (χ0) is 15.2. The molecule has 0 bridgehead atoms. The van der Waals surface area contributed by atoms with Crippen molar-refractivity contribution in [1.82, 2.24) is 10.2 Å². The minimum absolute atomic E-state index is 0.664. The summed E-state index contributed by atoms with van der Waals surface area (Å²) in [6.45, 7) is 9.85. The Bertz CT molecular complexity index is 230. The van der Waals surface area contributed by atoms with E-state index in [4.69, 9.17) is 14.2 Å². The molecule has 1 fully saturated rings. The van der Waals surface area contributed by atoms with Crippen molar-refractivity contribution in [1.29, 1.82) is 0 Å². The lowest BCUT2D eigenvalue weighted by Gasteiger charge is -2.23. The normalized spacial score (nSPS) is 19.4. The highest BCUT2D eigenvalue weighted by molar-refractivity contribution is 4.80. The van der Waals surface area contributed by atoms with Crippen LogP contribution in [-0.4, -0.2) is 77.3 Å². The molecule has 0 aromatic carbocycles. The highest BCUT2D eigenvalue weighted by Crippen LogP contribution is 2.15. The van der Waals surface area contributed by atoms with Crippen LogP contribution in [0.5, 0.6) is 0 Å². The van der Waals surface area contributed by atoms with Crippen molar-refractivity contribution in [3.8, 4) is 0 Å². The first-order chi connectivity index (χ1) is 10.4. The fourth-order valence-corrected chi connectivity index (χ4v) is 2.63. The molecule has 0 radical (unpaired) electrons. The van der Waals surface area contributed by atoms with Crippen molar-refractivity contribution in [2.75, 3.05) is 66.3 Å². The zero-order valence-corrected chi connectivity index (χ0v) is 13.9. The standard InChI is InChI=1S/C16H34N2O3/c1-3-4-9-19-11-13-21-14-12-20-10-8-18-7-5-6-16(18)15-17-2/h16-17H,3-15H2,1-2H3. The molecule has 1 heterocycles. The van der Waals surface area contributed by atoms with Gasteiger partial charge in [0.25, 0.3) is 0 Å². The number of hydrogen-bond donors (Lipinski definition) is 1. The van der Waals surface area contributed by atoms with Crippen molar-refractivity contribution in [2.24, 2.45) is 0 Å². The average Bonchev–Trinajstić information content (AvgIpc) is 2.92. The first kappa shape index (κ1) is 18.8. The Morgan fingerprint density at radius 1 is 1.00 bits per heavy atom. The van der Waals surface area contributed by atoms with Crippen LogP contribution in [0.15, 0.2) is 0 Å². The quantitative estimate of drug-likeness (QED) is 0.493. The SMILES string of the molecule is CCCCOCCOCCOCCN1CCCC1CNC. The van der Waals surface area contributed by atoms with Crippen molar-refractivity contribution >= 4 is 0 Å². The van der Waals surface area contributed by atoms with E-state index in [1.54, 1.807) is 0 Å². The fourth-order valence-electron chi connectivity index (χ4n) is 2.63. The monoisotopic (exact) mass is 302 g/mol. The molecule has 1 N–H and O–H groups in total. The third-order valence-corrected chi connectivity index (χ3v) is 3.85. The second kappa shape index (κ2) is 13.5. The topological polar surface area (TPSA) is 43.0 Å². The first-order valence-electron chi connectivity index (χ1n) is 8.50. The summed E-state index contributed by atoms with van der Waals surface area (Å²) in [4.78, 5) is 2.53. The molecule has 21 heavy (non-hydrogen) atoms. The van der Waals surface area contributed by atoms with Gasteiger partial charge in [0.1, 0.15) is 0 Å². The molecule has 1 unspecified atom stereocenters.